The van der Waals surface area contributed by atoms with E-state index in [0.717, 1.165) is 32.2 Å². The van der Waals surface area contributed by atoms with E-state index in [2.05, 4.69) is 15.0 Å². The molecular weight excluding hydrogens is 327 g/mol. The van der Waals surface area contributed by atoms with Crippen LogP contribution in [-0.2, 0) is 16.1 Å². The Morgan fingerprint density at radius 3 is 2.73 bits per heavy atom. The lowest BCUT2D eigenvalue weighted by Crippen LogP contribution is -2.24. The van der Waals surface area contributed by atoms with Crippen LogP contribution in [0.25, 0.3) is 11.2 Å². The highest BCUT2D eigenvalue weighted by Crippen LogP contribution is 2.32. The van der Waals surface area contributed by atoms with Gasteiger partial charge < -0.3 is 9.30 Å². The van der Waals surface area contributed by atoms with E-state index in [1.54, 1.807) is 6.33 Å². The summed E-state index contributed by atoms with van der Waals surface area (Å²) in [6, 6.07) is 0. The lowest BCUT2D eigenvalue weighted by atomic mass is 9.82. The number of aromatic nitrogens is 4. The van der Waals surface area contributed by atoms with Crippen molar-refractivity contribution in [2.45, 2.75) is 32.2 Å². The van der Waals surface area contributed by atoms with Crippen molar-refractivity contribution in [2.24, 2.45) is 11.8 Å². The largest absolute Gasteiger partial charge is 0.469 e. The summed E-state index contributed by atoms with van der Waals surface area (Å²) in [4.78, 5) is 23.8. The van der Waals surface area contributed by atoms with Crippen LogP contribution in [0, 0.1) is 11.8 Å². The van der Waals surface area contributed by atoms with Gasteiger partial charge in [0, 0.05) is 6.54 Å². The summed E-state index contributed by atoms with van der Waals surface area (Å²) in [5.74, 6) is 0.411. The topological polar surface area (TPSA) is 69.9 Å². The monoisotopic (exact) mass is 342 g/mol. The molecule has 1 aliphatic carbocycles. The lowest BCUT2D eigenvalue weighted by molar-refractivity contribution is -0.146. The summed E-state index contributed by atoms with van der Waals surface area (Å²) in [7, 11) is 1.44. The van der Waals surface area contributed by atoms with Crippen LogP contribution in [0.1, 0.15) is 25.7 Å². The molecule has 2 aromatic heterocycles. The highest BCUT2D eigenvalue weighted by molar-refractivity contribution is 6.35. The number of ether oxygens (including phenoxy) is 1. The van der Waals surface area contributed by atoms with Gasteiger partial charge in [-0.25, -0.2) is 9.97 Å². The molecule has 0 amide bonds. The number of esters is 1. The first-order valence-corrected chi connectivity index (χ1v) is 7.95. The minimum atomic E-state index is -0.0994. The second-order valence-corrected chi connectivity index (χ2v) is 6.29. The fourth-order valence-corrected chi connectivity index (χ4v) is 3.56. The third-order valence-electron chi connectivity index (χ3n) is 4.24. The summed E-state index contributed by atoms with van der Waals surface area (Å²) in [6.07, 6.45) is 5.39. The van der Waals surface area contributed by atoms with E-state index < -0.39 is 0 Å². The Hall–Kier alpha value is -1.40. The van der Waals surface area contributed by atoms with E-state index >= 15 is 0 Å². The molecule has 0 radical (unpaired) electrons. The Kier molecular flexibility index (Phi) is 4.49. The standard InChI is InChI=1S/C14H16Cl2N4O2/c1-22-13(21)9-4-2-8(3-5-9)6-20-7-17-12-10(20)11(15)18-14(16)19-12/h7-9H,2-6H2,1H3. The van der Waals surface area contributed by atoms with Gasteiger partial charge >= 0.3 is 5.97 Å². The SMILES string of the molecule is COC(=O)C1CCC(Cn2cnc3nc(Cl)nc(Cl)c32)CC1. The maximum absolute atomic E-state index is 11.6. The van der Waals surface area contributed by atoms with Crippen LogP contribution in [-0.4, -0.2) is 32.6 Å². The fourth-order valence-electron chi connectivity index (χ4n) is 3.07. The zero-order valence-electron chi connectivity index (χ0n) is 12.1. The number of halogens is 2. The van der Waals surface area contributed by atoms with Crippen molar-refractivity contribution in [3.05, 3.63) is 16.8 Å². The average molecular weight is 343 g/mol. The summed E-state index contributed by atoms with van der Waals surface area (Å²) < 4.78 is 6.78. The molecule has 1 saturated carbocycles. The van der Waals surface area contributed by atoms with Gasteiger partial charge in [-0.1, -0.05) is 11.6 Å². The molecule has 22 heavy (non-hydrogen) atoms. The van der Waals surface area contributed by atoms with Crippen molar-refractivity contribution < 1.29 is 9.53 Å². The molecule has 3 rings (SSSR count). The van der Waals surface area contributed by atoms with Gasteiger partial charge in [0.1, 0.15) is 5.52 Å². The van der Waals surface area contributed by atoms with Gasteiger partial charge in [-0.2, -0.15) is 4.98 Å². The van der Waals surface area contributed by atoms with E-state index in [0.29, 0.717) is 22.2 Å². The predicted molar refractivity (Wildman–Crippen MR) is 82.8 cm³/mol. The third-order valence-corrected chi connectivity index (χ3v) is 4.67. The molecule has 0 unspecified atom stereocenters. The van der Waals surface area contributed by atoms with E-state index in [1.165, 1.54) is 7.11 Å². The first-order chi connectivity index (χ1) is 10.6. The van der Waals surface area contributed by atoms with Crippen molar-refractivity contribution in [2.75, 3.05) is 7.11 Å². The Labute approximate surface area is 137 Å². The van der Waals surface area contributed by atoms with Gasteiger partial charge in [-0.05, 0) is 43.2 Å². The minimum Gasteiger partial charge on any atom is -0.469 e. The van der Waals surface area contributed by atoms with E-state index in [-0.39, 0.29) is 17.2 Å². The maximum atomic E-state index is 11.6. The molecule has 0 aliphatic heterocycles. The van der Waals surface area contributed by atoms with Gasteiger partial charge in [0.25, 0.3) is 0 Å². The quantitative estimate of drug-likeness (QED) is 0.487. The number of hydrogen-bond donors (Lipinski definition) is 0. The molecule has 1 fully saturated rings. The smallest absolute Gasteiger partial charge is 0.308 e. The molecule has 6 nitrogen and oxygen atoms in total. The minimum absolute atomic E-state index is 0.0338. The summed E-state index contributed by atoms with van der Waals surface area (Å²) in [5.41, 5.74) is 1.22. The van der Waals surface area contributed by atoms with Gasteiger partial charge in [-0.3, -0.25) is 4.79 Å². The number of methoxy groups -OCH3 is 1. The summed E-state index contributed by atoms with van der Waals surface area (Å²) in [5, 5.41) is 0.414. The second kappa shape index (κ2) is 6.38. The number of nitrogens with zero attached hydrogens (tertiary/aromatic N) is 4. The van der Waals surface area contributed by atoms with Crippen LogP contribution in [0.4, 0.5) is 0 Å². The molecule has 8 heteroatoms. The Bertz CT molecular complexity index is 695. The molecule has 2 heterocycles. The molecule has 0 N–H and O–H groups in total. The summed E-state index contributed by atoms with van der Waals surface area (Å²) in [6.45, 7) is 0.787. The molecular formula is C14H16Cl2N4O2. The molecule has 0 bridgehead atoms. The fraction of sp³-hybridized carbons (Fsp3) is 0.571. The zero-order chi connectivity index (χ0) is 15.7. The molecule has 0 saturated heterocycles. The van der Waals surface area contributed by atoms with Crippen molar-refractivity contribution >= 4 is 40.3 Å². The van der Waals surface area contributed by atoms with Gasteiger partial charge in [-0.15, -0.1) is 0 Å². The Balaban J connectivity index is 1.71. The van der Waals surface area contributed by atoms with E-state index in [9.17, 15) is 4.79 Å². The van der Waals surface area contributed by atoms with Gasteiger partial charge in [0.2, 0.25) is 5.28 Å². The molecule has 1 aliphatic rings. The lowest BCUT2D eigenvalue weighted by Gasteiger charge is -2.27. The van der Waals surface area contributed by atoms with Crippen molar-refractivity contribution in [1.29, 1.82) is 0 Å². The van der Waals surface area contributed by atoms with Crippen LogP contribution < -0.4 is 0 Å². The van der Waals surface area contributed by atoms with Crippen molar-refractivity contribution in [3.63, 3.8) is 0 Å². The average Bonchev–Trinajstić information content (AvgIpc) is 2.90. The normalized spacial score (nSPS) is 22.0. The number of carbonyl (C=O) groups is 1. The summed E-state index contributed by atoms with van der Waals surface area (Å²) >= 11 is 11.9. The maximum Gasteiger partial charge on any atom is 0.308 e. The highest BCUT2D eigenvalue weighted by atomic mass is 35.5. The second-order valence-electron chi connectivity index (χ2n) is 5.59. The van der Waals surface area contributed by atoms with Crippen molar-refractivity contribution in [3.8, 4) is 0 Å². The Morgan fingerprint density at radius 1 is 1.32 bits per heavy atom. The predicted octanol–water partition coefficient (Wildman–Crippen LogP) is 3.11. The first kappa shape index (κ1) is 15.5. The number of hydrogen-bond acceptors (Lipinski definition) is 5. The molecule has 2 aromatic rings. The number of rotatable bonds is 3. The number of carbonyl (C=O) groups excluding carboxylic acids is 1. The molecule has 0 aromatic carbocycles. The van der Waals surface area contributed by atoms with Gasteiger partial charge in [0.15, 0.2) is 10.8 Å². The van der Waals surface area contributed by atoms with Crippen LogP contribution in [0.5, 0.6) is 0 Å². The van der Waals surface area contributed by atoms with Crippen LogP contribution >= 0.6 is 23.2 Å². The number of imidazole rings is 1. The van der Waals surface area contributed by atoms with Gasteiger partial charge in [0.05, 0.1) is 19.4 Å². The molecule has 0 spiro atoms. The highest BCUT2D eigenvalue weighted by Gasteiger charge is 2.27. The van der Waals surface area contributed by atoms with E-state index in [4.69, 9.17) is 27.9 Å². The third kappa shape index (κ3) is 3.03. The van der Waals surface area contributed by atoms with Crippen LogP contribution in [0.3, 0.4) is 0 Å². The molecule has 118 valence electrons. The first-order valence-electron chi connectivity index (χ1n) is 7.20. The Morgan fingerprint density at radius 2 is 2.05 bits per heavy atom. The zero-order valence-corrected chi connectivity index (χ0v) is 13.6. The van der Waals surface area contributed by atoms with Crippen molar-refractivity contribution in [1.82, 2.24) is 19.5 Å². The number of fused-ring (bicyclic) bond motifs is 1. The van der Waals surface area contributed by atoms with E-state index in [1.807, 2.05) is 4.57 Å². The molecule has 0 atom stereocenters. The van der Waals surface area contributed by atoms with Crippen LogP contribution in [0.2, 0.25) is 10.4 Å². The van der Waals surface area contributed by atoms with Crippen LogP contribution in [0.15, 0.2) is 6.33 Å².